The monoisotopic (exact) mass is 152 g/mol. The van der Waals surface area contributed by atoms with Gasteiger partial charge in [0.15, 0.2) is 0 Å². The van der Waals surface area contributed by atoms with Crippen molar-refractivity contribution in [3.63, 3.8) is 0 Å². The Balaban J connectivity index is 3.41. The molecule has 0 radical (unpaired) electrons. The first-order valence-corrected chi connectivity index (χ1v) is 4.77. The van der Waals surface area contributed by atoms with Gasteiger partial charge in [0.05, 0.1) is 0 Å². The van der Waals surface area contributed by atoms with E-state index >= 15 is 0 Å². The second-order valence-electron chi connectivity index (χ2n) is 3.00. The summed E-state index contributed by atoms with van der Waals surface area (Å²) in [4.78, 5) is 0. The average molecular weight is 152 g/mol. The molecule has 0 aliphatic heterocycles. The highest BCUT2D eigenvalue weighted by atomic mass is 14.0. The van der Waals surface area contributed by atoms with Crippen LogP contribution >= 0.6 is 0 Å². The second-order valence-corrected chi connectivity index (χ2v) is 3.00. The van der Waals surface area contributed by atoms with Crippen LogP contribution in [0.4, 0.5) is 0 Å². The zero-order chi connectivity index (χ0) is 8.53. The van der Waals surface area contributed by atoms with Gasteiger partial charge in [-0.3, -0.25) is 0 Å². The maximum absolute atomic E-state index is 3.24. The van der Waals surface area contributed by atoms with Crippen LogP contribution in [0.5, 0.6) is 0 Å². The van der Waals surface area contributed by atoms with Crippen molar-refractivity contribution in [2.75, 3.05) is 0 Å². The van der Waals surface area contributed by atoms with E-state index in [9.17, 15) is 0 Å². The summed E-state index contributed by atoms with van der Waals surface area (Å²) in [6.45, 7) is 6.40. The Labute approximate surface area is 71.4 Å². The molecule has 0 bridgehead atoms. The zero-order valence-corrected chi connectivity index (χ0v) is 8.11. The van der Waals surface area contributed by atoms with Crippen molar-refractivity contribution in [2.24, 2.45) is 5.92 Å². The molecule has 0 saturated heterocycles. The topological polar surface area (TPSA) is 0 Å². The minimum absolute atomic E-state index is 0.659. The quantitative estimate of drug-likeness (QED) is 0.417. The van der Waals surface area contributed by atoms with E-state index in [1.807, 2.05) is 6.92 Å². The summed E-state index contributed by atoms with van der Waals surface area (Å²) in [6.07, 6.45) is 6.54. The second kappa shape index (κ2) is 7.66. The molecule has 0 aliphatic rings. The van der Waals surface area contributed by atoms with E-state index in [-0.39, 0.29) is 0 Å². The third-order valence-electron chi connectivity index (χ3n) is 2.00. The van der Waals surface area contributed by atoms with Crippen molar-refractivity contribution in [3.8, 4) is 11.8 Å². The highest BCUT2D eigenvalue weighted by Gasteiger charge is 1.99. The summed E-state index contributed by atoms with van der Waals surface area (Å²) in [5.41, 5.74) is 0. The first kappa shape index (κ1) is 10.6. The maximum Gasteiger partial charge on any atom is 0.0200 e. The van der Waals surface area contributed by atoms with Crippen molar-refractivity contribution >= 4 is 0 Å². The molecule has 0 rings (SSSR count). The fraction of sp³-hybridized carbons (Fsp3) is 0.818. The molecule has 0 aliphatic carbocycles. The molecular formula is C11H20. The van der Waals surface area contributed by atoms with E-state index in [2.05, 4.69) is 25.7 Å². The molecule has 0 heteroatoms. The average Bonchev–Trinajstić information content (AvgIpc) is 2.03. The largest absolute Gasteiger partial charge is 0.106 e. The first-order chi connectivity index (χ1) is 5.35. The van der Waals surface area contributed by atoms with Crippen LogP contribution in [0.3, 0.4) is 0 Å². The molecule has 0 N–H and O–H groups in total. The summed E-state index contributed by atoms with van der Waals surface area (Å²) in [5.74, 6) is 6.90. The maximum atomic E-state index is 3.24. The summed E-state index contributed by atoms with van der Waals surface area (Å²) in [5, 5.41) is 0. The van der Waals surface area contributed by atoms with Gasteiger partial charge in [0.2, 0.25) is 0 Å². The summed E-state index contributed by atoms with van der Waals surface area (Å²) in [7, 11) is 0. The molecule has 0 aromatic heterocycles. The Morgan fingerprint density at radius 1 is 1.18 bits per heavy atom. The van der Waals surface area contributed by atoms with Gasteiger partial charge in [-0.2, -0.15) is 0 Å². The summed E-state index contributed by atoms with van der Waals surface area (Å²) in [6, 6.07) is 0. The molecule has 0 nitrogen and oxygen atoms in total. The van der Waals surface area contributed by atoms with E-state index in [0.29, 0.717) is 5.92 Å². The molecule has 0 spiro atoms. The van der Waals surface area contributed by atoms with Gasteiger partial charge in [-0.05, 0) is 19.8 Å². The van der Waals surface area contributed by atoms with Crippen LogP contribution in [-0.4, -0.2) is 0 Å². The lowest BCUT2D eigenvalue weighted by molar-refractivity contribution is 0.541. The minimum atomic E-state index is 0.659. The molecular weight excluding hydrogens is 132 g/mol. The van der Waals surface area contributed by atoms with Gasteiger partial charge in [-0.15, -0.1) is 11.8 Å². The van der Waals surface area contributed by atoms with Gasteiger partial charge >= 0.3 is 0 Å². The third-order valence-corrected chi connectivity index (χ3v) is 2.00. The van der Waals surface area contributed by atoms with Crippen LogP contribution in [0.2, 0.25) is 0 Å². The van der Waals surface area contributed by atoms with Crippen molar-refractivity contribution in [3.05, 3.63) is 0 Å². The lowest BCUT2D eigenvalue weighted by Crippen LogP contribution is -1.94. The lowest BCUT2D eigenvalue weighted by Gasteiger charge is -2.05. The van der Waals surface area contributed by atoms with Crippen LogP contribution < -0.4 is 0 Å². The Kier molecular flexibility index (Phi) is 7.36. The standard InChI is InChI=1S/C11H20/c1-4-7-8-10-11(6-3)9-5-2/h11H,4,6-8,10H2,1-3H3. The van der Waals surface area contributed by atoms with Crippen LogP contribution in [0.1, 0.15) is 52.9 Å². The molecule has 1 unspecified atom stereocenters. The van der Waals surface area contributed by atoms with Crippen molar-refractivity contribution in [1.82, 2.24) is 0 Å². The Morgan fingerprint density at radius 2 is 1.91 bits per heavy atom. The van der Waals surface area contributed by atoms with E-state index in [1.165, 1.54) is 32.1 Å². The van der Waals surface area contributed by atoms with Gasteiger partial charge in [0, 0.05) is 5.92 Å². The molecule has 1 atom stereocenters. The fourth-order valence-corrected chi connectivity index (χ4v) is 1.22. The SMILES string of the molecule is CC#CC(CC)CCCCC. The van der Waals surface area contributed by atoms with E-state index < -0.39 is 0 Å². The van der Waals surface area contributed by atoms with Crippen LogP contribution in [0.15, 0.2) is 0 Å². The van der Waals surface area contributed by atoms with Crippen LogP contribution in [0.25, 0.3) is 0 Å². The molecule has 0 aromatic carbocycles. The molecule has 0 heterocycles. The van der Waals surface area contributed by atoms with Gasteiger partial charge in [-0.1, -0.05) is 33.1 Å². The van der Waals surface area contributed by atoms with E-state index in [1.54, 1.807) is 0 Å². The predicted molar refractivity (Wildman–Crippen MR) is 51.4 cm³/mol. The normalized spacial score (nSPS) is 11.9. The summed E-state index contributed by atoms with van der Waals surface area (Å²) >= 11 is 0. The zero-order valence-electron chi connectivity index (χ0n) is 8.11. The molecule has 64 valence electrons. The fourth-order valence-electron chi connectivity index (χ4n) is 1.22. The molecule has 0 fully saturated rings. The number of hydrogen-bond acceptors (Lipinski definition) is 0. The molecule has 0 aromatic rings. The predicted octanol–water partition coefficient (Wildman–Crippen LogP) is 3.62. The Hall–Kier alpha value is -0.440. The van der Waals surface area contributed by atoms with Gasteiger partial charge < -0.3 is 0 Å². The minimum Gasteiger partial charge on any atom is -0.106 e. The molecule has 0 amide bonds. The van der Waals surface area contributed by atoms with Gasteiger partial charge in [0.25, 0.3) is 0 Å². The van der Waals surface area contributed by atoms with Crippen LogP contribution in [-0.2, 0) is 0 Å². The Morgan fingerprint density at radius 3 is 2.36 bits per heavy atom. The van der Waals surface area contributed by atoms with E-state index in [4.69, 9.17) is 0 Å². The number of hydrogen-bond donors (Lipinski definition) is 0. The van der Waals surface area contributed by atoms with E-state index in [0.717, 1.165) is 0 Å². The van der Waals surface area contributed by atoms with Crippen molar-refractivity contribution in [2.45, 2.75) is 52.9 Å². The summed E-state index contributed by atoms with van der Waals surface area (Å²) < 4.78 is 0. The molecule has 0 saturated carbocycles. The smallest absolute Gasteiger partial charge is 0.0200 e. The van der Waals surface area contributed by atoms with Gasteiger partial charge in [-0.25, -0.2) is 0 Å². The van der Waals surface area contributed by atoms with Crippen molar-refractivity contribution < 1.29 is 0 Å². The molecule has 11 heavy (non-hydrogen) atoms. The number of unbranched alkanes of at least 4 members (excludes halogenated alkanes) is 2. The van der Waals surface area contributed by atoms with Crippen LogP contribution in [0, 0.1) is 17.8 Å². The van der Waals surface area contributed by atoms with Crippen molar-refractivity contribution in [1.29, 1.82) is 0 Å². The number of rotatable bonds is 5. The highest BCUT2D eigenvalue weighted by Crippen LogP contribution is 2.11. The third kappa shape index (κ3) is 5.98. The van der Waals surface area contributed by atoms with Gasteiger partial charge in [0.1, 0.15) is 0 Å². The highest BCUT2D eigenvalue weighted by molar-refractivity contribution is 5.00. The Bertz CT molecular complexity index is 125. The lowest BCUT2D eigenvalue weighted by atomic mass is 9.99. The first-order valence-electron chi connectivity index (χ1n) is 4.77.